The summed E-state index contributed by atoms with van der Waals surface area (Å²) in [7, 11) is 0. The number of halogens is 2. The molecular weight excluding hydrogens is 343 g/mol. The summed E-state index contributed by atoms with van der Waals surface area (Å²) in [5.41, 5.74) is 0. The maximum atomic E-state index is 11.8. The Morgan fingerprint density at radius 2 is 1.38 bits per heavy atom. The molecule has 0 unspecified atom stereocenters. The Morgan fingerprint density at radius 1 is 0.833 bits per heavy atom. The third kappa shape index (κ3) is 10.2. The summed E-state index contributed by atoms with van der Waals surface area (Å²) in [6.07, 6.45) is 14.4. The molecule has 0 aliphatic heterocycles. The number of carbonyl (C=O) groups is 1. The van der Waals surface area contributed by atoms with Gasteiger partial charge in [0.25, 0.3) is 0 Å². The molecule has 1 rings (SSSR count). The van der Waals surface area contributed by atoms with Gasteiger partial charge in [-0.1, -0.05) is 94.3 Å². The maximum absolute atomic E-state index is 11.8. The second-order valence-corrected chi connectivity index (χ2v) is 7.15. The van der Waals surface area contributed by atoms with Gasteiger partial charge in [-0.3, -0.25) is 4.79 Å². The quantitative estimate of drug-likeness (QED) is 0.202. The molecule has 0 bridgehead atoms. The number of rotatable bonds is 13. The minimum absolute atomic E-state index is 0.204. The normalized spacial score (nSPS) is 10.8. The van der Waals surface area contributed by atoms with Crippen molar-refractivity contribution in [3.8, 4) is 5.75 Å². The molecule has 0 spiro atoms. The second-order valence-electron chi connectivity index (χ2n) is 6.34. The number of benzene rings is 1. The number of hydrogen-bond donors (Lipinski definition) is 0. The van der Waals surface area contributed by atoms with Crippen LogP contribution in [0, 0.1) is 0 Å². The minimum Gasteiger partial charge on any atom is -0.426 e. The summed E-state index contributed by atoms with van der Waals surface area (Å²) in [6, 6.07) is 4.86. The van der Waals surface area contributed by atoms with Gasteiger partial charge in [0, 0.05) is 12.5 Å². The van der Waals surface area contributed by atoms with E-state index in [0.29, 0.717) is 22.2 Å². The Kier molecular flexibility index (Phi) is 12.0. The zero-order valence-electron chi connectivity index (χ0n) is 14.8. The number of carbonyl (C=O) groups excluding carboxylic acids is 1. The summed E-state index contributed by atoms with van der Waals surface area (Å²) in [5.74, 6) is 0.252. The molecule has 0 aliphatic carbocycles. The Bertz CT molecular complexity index is 475. The molecule has 0 radical (unpaired) electrons. The predicted octanol–water partition coefficient (Wildman–Crippen LogP) is 7.60. The van der Waals surface area contributed by atoms with E-state index >= 15 is 0 Å². The van der Waals surface area contributed by atoms with Crippen molar-refractivity contribution in [3.05, 3.63) is 28.2 Å². The van der Waals surface area contributed by atoms with E-state index in [4.69, 9.17) is 27.9 Å². The van der Waals surface area contributed by atoms with Crippen LogP contribution < -0.4 is 4.74 Å². The lowest BCUT2D eigenvalue weighted by molar-refractivity contribution is -0.134. The monoisotopic (exact) mass is 372 g/mol. The van der Waals surface area contributed by atoms with Crippen molar-refractivity contribution in [2.24, 2.45) is 0 Å². The fourth-order valence-corrected chi connectivity index (χ4v) is 2.94. The first-order valence-corrected chi connectivity index (χ1v) is 10.0. The van der Waals surface area contributed by atoms with Crippen LogP contribution in [0.4, 0.5) is 0 Å². The van der Waals surface area contributed by atoms with E-state index in [1.807, 2.05) is 0 Å². The topological polar surface area (TPSA) is 26.3 Å². The van der Waals surface area contributed by atoms with Crippen molar-refractivity contribution >= 4 is 29.2 Å². The van der Waals surface area contributed by atoms with Crippen molar-refractivity contribution in [3.63, 3.8) is 0 Å². The van der Waals surface area contributed by atoms with Gasteiger partial charge in [-0.25, -0.2) is 0 Å². The van der Waals surface area contributed by atoms with E-state index in [1.165, 1.54) is 57.8 Å². The van der Waals surface area contributed by atoms with Gasteiger partial charge in [0.15, 0.2) is 0 Å². The van der Waals surface area contributed by atoms with Crippen LogP contribution in [0.2, 0.25) is 10.0 Å². The summed E-state index contributed by atoms with van der Waals surface area (Å²) in [5, 5.41) is 0.860. The molecule has 0 N–H and O–H groups in total. The van der Waals surface area contributed by atoms with E-state index < -0.39 is 0 Å². The molecule has 0 aromatic heterocycles. The molecule has 0 saturated carbocycles. The third-order valence-electron chi connectivity index (χ3n) is 4.11. The molecule has 4 heteroatoms. The van der Waals surface area contributed by atoms with Crippen LogP contribution >= 0.6 is 23.2 Å². The number of hydrogen-bond acceptors (Lipinski definition) is 2. The number of ether oxygens (including phenoxy) is 1. The van der Waals surface area contributed by atoms with Crippen molar-refractivity contribution < 1.29 is 9.53 Å². The van der Waals surface area contributed by atoms with Gasteiger partial charge in [0.2, 0.25) is 0 Å². The molecule has 0 atom stereocenters. The lowest BCUT2D eigenvalue weighted by Gasteiger charge is -2.05. The molecule has 1 aromatic carbocycles. The van der Waals surface area contributed by atoms with Gasteiger partial charge in [0.05, 0.1) is 10.0 Å². The summed E-state index contributed by atoms with van der Waals surface area (Å²) < 4.78 is 5.26. The van der Waals surface area contributed by atoms with Gasteiger partial charge in [-0.05, 0) is 18.6 Å². The molecule has 0 saturated heterocycles. The SMILES string of the molecule is CCCCCCCCCCCCCC(=O)Oc1ccc(Cl)c(Cl)c1. The largest absolute Gasteiger partial charge is 0.426 e. The zero-order valence-corrected chi connectivity index (χ0v) is 16.3. The van der Waals surface area contributed by atoms with Crippen molar-refractivity contribution in [2.75, 3.05) is 0 Å². The molecule has 0 aliphatic rings. The van der Waals surface area contributed by atoms with Gasteiger partial charge in [-0.15, -0.1) is 0 Å². The van der Waals surface area contributed by atoms with Crippen LogP contribution in [-0.4, -0.2) is 5.97 Å². The van der Waals surface area contributed by atoms with Crippen LogP contribution in [0.1, 0.15) is 84.0 Å². The average molecular weight is 373 g/mol. The number of unbranched alkanes of at least 4 members (excludes halogenated alkanes) is 10. The van der Waals surface area contributed by atoms with Crippen LogP contribution in [-0.2, 0) is 4.79 Å². The molecule has 1 aromatic rings. The number of esters is 1. The third-order valence-corrected chi connectivity index (χ3v) is 4.85. The summed E-state index contributed by atoms with van der Waals surface area (Å²) in [4.78, 5) is 11.8. The van der Waals surface area contributed by atoms with Crippen LogP contribution in [0.15, 0.2) is 18.2 Å². The Morgan fingerprint density at radius 3 is 1.92 bits per heavy atom. The lowest BCUT2D eigenvalue weighted by atomic mass is 10.1. The molecule has 0 fully saturated rings. The molecule has 0 amide bonds. The highest BCUT2D eigenvalue weighted by atomic mass is 35.5. The zero-order chi connectivity index (χ0) is 17.6. The first-order valence-electron chi connectivity index (χ1n) is 9.29. The van der Waals surface area contributed by atoms with E-state index in [-0.39, 0.29) is 5.97 Å². The Hall–Kier alpha value is -0.730. The van der Waals surface area contributed by atoms with Gasteiger partial charge < -0.3 is 4.74 Å². The summed E-state index contributed by atoms with van der Waals surface area (Å²) >= 11 is 11.7. The van der Waals surface area contributed by atoms with E-state index in [1.54, 1.807) is 18.2 Å². The molecular formula is C20H30Cl2O2. The molecule has 0 heterocycles. The first kappa shape index (κ1) is 21.3. The highest BCUT2D eigenvalue weighted by Crippen LogP contribution is 2.26. The maximum Gasteiger partial charge on any atom is 0.311 e. The average Bonchev–Trinajstić information content (AvgIpc) is 2.56. The lowest BCUT2D eigenvalue weighted by Crippen LogP contribution is -2.07. The fourth-order valence-electron chi connectivity index (χ4n) is 2.66. The smallest absolute Gasteiger partial charge is 0.311 e. The van der Waals surface area contributed by atoms with Gasteiger partial charge in [0.1, 0.15) is 5.75 Å². The van der Waals surface area contributed by atoms with Crippen LogP contribution in [0.25, 0.3) is 0 Å². The van der Waals surface area contributed by atoms with Gasteiger partial charge in [-0.2, -0.15) is 0 Å². The van der Waals surface area contributed by atoms with E-state index in [9.17, 15) is 4.79 Å². The van der Waals surface area contributed by atoms with Crippen LogP contribution in [0.3, 0.4) is 0 Å². The second kappa shape index (κ2) is 13.5. The van der Waals surface area contributed by atoms with Crippen LogP contribution in [0.5, 0.6) is 5.75 Å². The van der Waals surface area contributed by atoms with E-state index in [2.05, 4.69) is 6.92 Å². The predicted molar refractivity (Wildman–Crippen MR) is 103 cm³/mol. The highest BCUT2D eigenvalue weighted by molar-refractivity contribution is 6.42. The molecule has 2 nitrogen and oxygen atoms in total. The van der Waals surface area contributed by atoms with Crippen molar-refractivity contribution in [2.45, 2.75) is 84.0 Å². The standard InChI is InChI=1S/C20H30Cl2O2/c1-2-3-4-5-6-7-8-9-10-11-12-13-20(23)24-17-14-15-18(21)19(22)16-17/h14-16H,2-13H2,1H3. The molecule has 24 heavy (non-hydrogen) atoms. The first-order chi connectivity index (χ1) is 11.6. The highest BCUT2D eigenvalue weighted by Gasteiger charge is 2.06. The van der Waals surface area contributed by atoms with Crippen molar-refractivity contribution in [1.82, 2.24) is 0 Å². The van der Waals surface area contributed by atoms with E-state index in [0.717, 1.165) is 12.8 Å². The minimum atomic E-state index is -0.204. The molecule has 136 valence electrons. The van der Waals surface area contributed by atoms with Gasteiger partial charge >= 0.3 is 5.97 Å². The summed E-state index contributed by atoms with van der Waals surface area (Å²) in [6.45, 7) is 2.25. The fraction of sp³-hybridized carbons (Fsp3) is 0.650. The van der Waals surface area contributed by atoms with Crippen molar-refractivity contribution in [1.29, 1.82) is 0 Å². The Labute approximate surface area is 156 Å². The Balaban J connectivity index is 1.97.